The highest BCUT2D eigenvalue weighted by Gasteiger charge is 2.25. The largest absolute Gasteiger partial charge is 0.481 e. The quantitative estimate of drug-likeness (QED) is 0.564. The Kier molecular flexibility index (Phi) is 7.14. The number of nitrogens with zero attached hydrogens (tertiary/aromatic N) is 2. The first kappa shape index (κ1) is 20.9. The van der Waals surface area contributed by atoms with Crippen LogP contribution >= 0.6 is 34.7 Å². The minimum Gasteiger partial charge on any atom is -0.481 e. The van der Waals surface area contributed by atoms with Crippen molar-refractivity contribution in [2.24, 2.45) is 5.92 Å². The van der Waals surface area contributed by atoms with Crippen LogP contribution in [0.2, 0.25) is 5.02 Å². The van der Waals surface area contributed by atoms with E-state index in [1.165, 1.54) is 40.6 Å². The van der Waals surface area contributed by atoms with E-state index in [0.717, 1.165) is 37.4 Å². The molecule has 0 atom stereocenters. The number of thiazole rings is 1. The molecule has 1 saturated carbocycles. The minimum absolute atomic E-state index is 0.0748. The zero-order valence-corrected chi connectivity index (χ0v) is 17.2. The number of aromatic nitrogens is 1. The molecule has 0 spiro atoms. The number of carbonyl (C=O) groups excluding carboxylic acids is 1. The summed E-state index contributed by atoms with van der Waals surface area (Å²) in [4.78, 5) is 29.3. The van der Waals surface area contributed by atoms with Gasteiger partial charge in [0.2, 0.25) is 0 Å². The number of hydrogen-bond donors (Lipinski definition) is 2. The molecule has 1 aromatic heterocycles. The summed E-state index contributed by atoms with van der Waals surface area (Å²) < 4.78 is 14.1. The zero-order chi connectivity index (χ0) is 20.1. The van der Waals surface area contributed by atoms with Gasteiger partial charge in [0, 0.05) is 6.54 Å². The number of urea groups is 1. The zero-order valence-electron chi connectivity index (χ0n) is 14.9. The number of anilines is 2. The fourth-order valence-electron chi connectivity index (χ4n) is 3.12. The number of carboxylic acid groups (broad SMARTS) is 1. The van der Waals surface area contributed by atoms with Crippen molar-refractivity contribution in [1.29, 1.82) is 0 Å². The lowest BCUT2D eigenvalue weighted by Gasteiger charge is -2.26. The molecule has 2 amide bonds. The van der Waals surface area contributed by atoms with Crippen molar-refractivity contribution < 1.29 is 19.1 Å². The van der Waals surface area contributed by atoms with Gasteiger partial charge in [0.05, 0.1) is 26.9 Å². The molecular weight excluding hydrogens is 425 g/mol. The molecule has 10 heteroatoms. The molecule has 0 bridgehead atoms. The molecule has 3 rings (SSSR count). The van der Waals surface area contributed by atoms with Crippen LogP contribution in [-0.2, 0) is 4.79 Å². The van der Waals surface area contributed by atoms with E-state index in [1.54, 1.807) is 0 Å². The second-order valence-electron chi connectivity index (χ2n) is 6.45. The van der Waals surface area contributed by atoms with Gasteiger partial charge in [-0.2, -0.15) is 0 Å². The van der Waals surface area contributed by atoms with Crippen LogP contribution in [0.3, 0.4) is 0 Å². The van der Waals surface area contributed by atoms with Crippen LogP contribution in [0.1, 0.15) is 25.7 Å². The van der Waals surface area contributed by atoms with Crippen LogP contribution in [0.5, 0.6) is 0 Å². The van der Waals surface area contributed by atoms with Crippen molar-refractivity contribution in [3.8, 4) is 0 Å². The number of rotatable bonds is 7. The molecule has 1 aliphatic carbocycles. The Bertz CT molecular complexity index is 858. The van der Waals surface area contributed by atoms with E-state index in [9.17, 15) is 14.0 Å². The Balaban J connectivity index is 1.75. The summed E-state index contributed by atoms with van der Waals surface area (Å²) >= 11 is 8.54. The van der Waals surface area contributed by atoms with E-state index < -0.39 is 17.8 Å². The molecule has 0 saturated heterocycles. The molecule has 6 nitrogen and oxygen atoms in total. The molecule has 0 aliphatic heterocycles. The summed E-state index contributed by atoms with van der Waals surface area (Å²) in [5, 5.41) is 12.0. The maximum absolute atomic E-state index is 13.4. The predicted octanol–water partition coefficient (Wildman–Crippen LogP) is 5.34. The van der Waals surface area contributed by atoms with E-state index in [2.05, 4.69) is 10.3 Å². The Morgan fingerprint density at radius 2 is 2.14 bits per heavy atom. The van der Waals surface area contributed by atoms with Crippen molar-refractivity contribution in [3.63, 3.8) is 0 Å². The Morgan fingerprint density at radius 1 is 1.39 bits per heavy atom. The number of aliphatic carboxylic acids is 1. The third-order valence-corrected chi connectivity index (χ3v) is 6.79. The van der Waals surface area contributed by atoms with Gasteiger partial charge >= 0.3 is 12.0 Å². The minimum atomic E-state index is -0.919. The van der Waals surface area contributed by atoms with Crippen molar-refractivity contribution in [3.05, 3.63) is 35.2 Å². The third kappa shape index (κ3) is 5.59. The van der Waals surface area contributed by atoms with Gasteiger partial charge < -0.3 is 5.11 Å². The smallest absolute Gasteiger partial charge is 0.328 e. The predicted molar refractivity (Wildman–Crippen MR) is 110 cm³/mol. The average molecular weight is 444 g/mol. The van der Waals surface area contributed by atoms with Crippen molar-refractivity contribution in [2.45, 2.75) is 29.9 Å². The van der Waals surface area contributed by atoms with Crippen LogP contribution in [0.15, 0.2) is 28.6 Å². The Morgan fingerprint density at radius 3 is 2.82 bits per heavy atom. The van der Waals surface area contributed by atoms with E-state index >= 15 is 0 Å². The second-order valence-corrected chi connectivity index (χ2v) is 9.17. The standard InChI is InChI=1S/C18H19ClFN3O3S2/c19-13-7-12(20)5-6-14(13)23(9-11-3-1-2-4-11)18(26)22-17-21-8-16(28-17)27-10-15(24)25/h5-8,11H,1-4,9-10H2,(H,24,25)(H,21,22,26). The number of hydrogen-bond acceptors (Lipinski definition) is 5. The molecule has 0 unspecified atom stereocenters. The van der Waals surface area contributed by atoms with Gasteiger partial charge in [0.15, 0.2) is 5.13 Å². The highest BCUT2D eigenvalue weighted by molar-refractivity contribution is 8.01. The van der Waals surface area contributed by atoms with Gasteiger partial charge in [-0.25, -0.2) is 14.2 Å². The maximum Gasteiger partial charge on any atom is 0.328 e. The lowest BCUT2D eigenvalue weighted by Crippen LogP contribution is -2.38. The summed E-state index contributed by atoms with van der Waals surface area (Å²) in [6.07, 6.45) is 5.87. The maximum atomic E-state index is 13.4. The first-order chi connectivity index (χ1) is 13.4. The summed E-state index contributed by atoms with van der Waals surface area (Å²) in [6.45, 7) is 0.489. The van der Waals surface area contributed by atoms with Gasteiger partial charge in [-0.1, -0.05) is 35.8 Å². The lowest BCUT2D eigenvalue weighted by molar-refractivity contribution is -0.133. The number of benzene rings is 1. The second kappa shape index (κ2) is 9.58. The fourth-order valence-corrected chi connectivity index (χ4v) is 4.97. The molecule has 1 aromatic carbocycles. The number of carbonyl (C=O) groups is 2. The normalized spacial score (nSPS) is 14.2. The van der Waals surface area contributed by atoms with Gasteiger partial charge in [0.25, 0.3) is 0 Å². The topological polar surface area (TPSA) is 82.5 Å². The summed E-state index contributed by atoms with van der Waals surface area (Å²) in [5.74, 6) is -1.09. The van der Waals surface area contributed by atoms with E-state index in [-0.39, 0.29) is 10.8 Å². The highest BCUT2D eigenvalue weighted by atomic mass is 35.5. The number of amides is 2. The van der Waals surface area contributed by atoms with Gasteiger partial charge in [-0.05, 0) is 37.0 Å². The molecule has 2 aromatic rings. The highest BCUT2D eigenvalue weighted by Crippen LogP contribution is 2.33. The summed E-state index contributed by atoms with van der Waals surface area (Å²) in [7, 11) is 0. The van der Waals surface area contributed by atoms with E-state index in [1.807, 2.05) is 0 Å². The van der Waals surface area contributed by atoms with Crippen LogP contribution in [0.4, 0.5) is 20.0 Å². The molecule has 0 radical (unpaired) electrons. The first-order valence-corrected chi connectivity index (χ1v) is 10.9. The molecular formula is C18H19ClFN3O3S2. The third-order valence-electron chi connectivity index (χ3n) is 4.40. The van der Waals surface area contributed by atoms with Gasteiger partial charge in [0.1, 0.15) is 5.82 Å². The SMILES string of the molecule is O=C(O)CSc1cnc(NC(=O)N(CC2CCCC2)c2ccc(F)cc2Cl)s1. The van der Waals surface area contributed by atoms with E-state index in [4.69, 9.17) is 16.7 Å². The van der Waals surface area contributed by atoms with Gasteiger partial charge in [-0.3, -0.25) is 15.0 Å². The molecule has 1 fully saturated rings. The van der Waals surface area contributed by atoms with Crippen LogP contribution in [0, 0.1) is 11.7 Å². The number of halogens is 2. The molecule has 1 aliphatic rings. The van der Waals surface area contributed by atoms with Crippen molar-refractivity contribution in [2.75, 3.05) is 22.5 Å². The molecule has 28 heavy (non-hydrogen) atoms. The number of nitrogens with one attached hydrogen (secondary N) is 1. The Hall–Kier alpha value is -1.84. The summed E-state index contributed by atoms with van der Waals surface area (Å²) in [5.41, 5.74) is 0.449. The average Bonchev–Trinajstić information content (AvgIpc) is 3.30. The number of carboxylic acids is 1. The summed E-state index contributed by atoms with van der Waals surface area (Å²) in [6, 6.07) is 3.57. The van der Waals surface area contributed by atoms with Crippen LogP contribution in [0.25, 0.3) is 0 Å². The fraction of sp³-hybridized carbons (Fsp3) is 0.389. The Labute approximate surface area is 175 Å². The monoisotopic (exact) mass is 443 g/mol. The number of thioether (sulfide) groups is 1. The molecule has 150 valence electrons. The van der Waals surface area contributed by atoms with Gasteiger partial charge in [-0.15, -0.1) is 11.8 Å². The van der Waals surface area contributed by atoms with Crippen molar-refractivity contribution in [1.82, 2.24) is 4.98 Å². The lowest BCUT2D eigenvalue weighted by atomic mass is 10.1. The van der Waals surface area contributed by atoms with Crippen LogP contribution in [-0.4, -0.2) is 34.4 Å². The molecule has 2 N–H and O–H groups in total. The van der Waals surface area contributed by atoms with E-state index in [0.29, 0.717) is 27.5 Å². The van der Waals surface area contributed by atoms with Crippen LogP contribution < -0.4 is 10.2 Å². The molecule has 1 heterocycles. The van der Waals surface area contributed by atoms with Crippen molar-refractivity contribution >= 4 is 57.5 Å². The first-order valence-electron chi connectivity index (χ1n) is 8.76.